The van der Waals surface area contributed by atoms with Gasteiger partial charge in [0.1, 0.15) is 5.82 Å². The molecule has 0 bridgehead atoms. The van der Waals surface area contributed by atoms with Crippen LogP contribution < -0.4 is 5.32 Å². The lowest BCUT2D eigenvalue weighted by Gasteiger charge is -2.12. The van der Waals surface area contributed by atoms with Crippen molar-refractivity contribution in [2.45, 2.75) is 25.8 Å². The second-order valence-corrected chi connectivity index (χ2v) is 6.44. The first-order valence-electron chi connectivity index (χ1n) is 6.72. The molecule has 3 rings (SSSR count). The Balaban J connectivity index is 1.91. The molecule has 1 fully saturated rings. The van der Waals surface area contributed by atoms with Crippen molar-refractivity contribution in [2.75, 3.05) is 7.05 Å². The quantitative estimate of drug-likeness (QED) is 0.864. The Labute approximate surface area is 117 Å². The minimum atomic E-state index is -0.155. The van der Waals surface area contributed by atoms with Crippen molar-refractivity contribution in [3.63, 3.8) is 0 Å². The van der Waals surface area contributed by atoms with Gasteiger partial charge in [0.15, 0.2) is 0 Å². The molecule has 1 nitrogen and oxygen atoms in total. The van der Waals surface area contributed by atoms with Crippen LogP contribution in [-0.4, -0.2) is 7.05 Å². The van der Waals surface area contributed by atoms with Gasteiger partial charge in [-0.05, 0) is 68.1 Å². The van der Waals surface area contributed by atoms with Gasteiger partial charge in [-0.2, -0.15) is 0 Å². The maximum absolute atomic E-state index is 13.5. The van der Waals surface area contributed by atoms with Crippen LogP contribution in [0.3, 0.4) is 0 Å². The molecule has 0 radical (unpaired) electrons. The molecule has 1 aromatic carbocycles. The first-order valence-corrected chi connectivity index (χ1v) is 7.53. The Morgan fingerprint density at radius 3 is 2.68 bits per heavy atom. The third-order valence-electron chi connectivity index (χ3n) is 3.66. The van der Waals surface area contributed by atoms with E-state index < -0.39 is 0 Å². The van der Waals surface area contributed by atoms with Crippen LogP contribution >= 0.6 is 11.3 Å². The number of hydrogen-bond donors (Lipinski definition) is 1. The van der Waals surface area contributed by atoms with Gasteiger partial charge >= 0.3 is 0 Å². The molecule has 100 valence electrons. The molecule has 0 spiro atoms. The smallest absolute Gasteiger partial charge is 0.124 e. The summed E-state index contributed by atoms with van der Waals surface area (Å²) in [7, 11) is 2.02. The molecule has 1 aromatic heterocycles. The van der Waals surface area contributed by atoms with Crippen LogP contribution in [0.4, 0.5) is 4.39 Å². The normalized spacial score (nSPS) is 16.6. The van der Waals surface area contributed by atoms with Crippen molar-refractivity contribution in [3.05, 3.63) is 46.6 Å². The molecule has 1 unspecified atom stereocenters. The highest BCUT2D eigenvalue weighted by Crippen LogP contribution is 2.44. The predicted molar refractivity (Wildman–Crippen MR) is 79.0 cm³/mol. The van der Waals surface area contributed by atoms with Gasteiger partial charge in [-0.15, -0.1) is 11.3 Å². The monoisotopic (exact) mass is 275 g/mol. The van der Waals surface area contributed by atoms with E-state index in [1.807, 2.05) is 20.0 Å². The summed E-state index contributed by atoms with van der Waals surface area (Å²) in [6.07, 6.45) is 2.63. The molecular weight excluding hydrogens is 257 g/mol. The molecule has 19 heavy (non-hydrogen) atoms. The lowest BCUT2D eigenvalue weighted by molar-refractivity contribution is 0.537. The fourth-order valence-electron chi connectivity index (χ4n) is 2.59. The second-order valence-electron chi connectivity index (χ2n) is 5.32. The molecule has 1 atom stereocenters. The number of thiophene rings is 1. The molecule has 0 amide bonds. The van der Waals surface area contributed by atoms with Crippen LogP contribution in [0.2, 0.25) is 0 Å². The number of nitrogens with one attached hydrogen (secondary N) is 1. The van der Waals surface area contributed by atoms with E-state index >= 15 is 0 Å². The van der Waals surface area contributed by atoms with Crippen molar-refractivity contribution in [3.8, 4) is 10.4 Å². The minimum Gasteiger partial charge on any atom is -0.312 e. The van der Waals surface area contributed by atoms with Gasteiger partial charge in [-0.25, -0.2) is 4.39 Å². The van der Waals surface area contributed by atoms with Gasteiger partial charge in [0.2, 0.25) is 0 Å². The summed E-state index contributed by atoms with van der Waals surface area (Å²) in [6.45, 7) is 1.93. The fraction of sp³-hybridized carbons (Fsp3) is 0.375. The van der Waals surface area contributed by atoms with Crippen molar-refractivity contribution < 1.29 is 4.39 Å². The molecule has 1 aliphatic rings. The molecule has 3 heteroatoms. The third kappa shape index (κ3) is 2.72. The Bertz CT molecular complexity index is 566. The van der Waals surface area contributed by atoms with Crippen LogP contribution in [0.5, 0.6) is 0 Å². The molecule has 1 saturated carbocycles. The minimum absolute atomic E-state index is 0.155. The van der Waals surface area contributed by atoms with Crippen molar-refractivity contribution in [2.24, 2.45) is 5.92 Å². The van der Waals surface area contributed by atoms with Crippen LogP contribution in [0.15, 0.2) is 30.3 Å². The van der Waals surface area contributed by atoms with E-state index in [4.69, 9.17) is 0 Å². The van der Waals surface area contributed by atoms with Gasteiger partial charge in [-0.3, -0.25) is 0 Å². The highest BCUT2D eigenvalue weighted by molar-refractivity contribution is 7.15. The lowest BCUT2D eigenvalue weighted by atomic mass is 10.1. The Hall–Kier alpha value is -1.19. The third-order valence-corrected chi connectivity index (χ3v) is 4.88. The van der Waals surface area contributed by atoms with Crippen molar-refractivity contribution in [1.29, 1.82) is 0 Å². The number of halogens is 1. The largest absolute Gasteiger partial charge is 0.312 e. The van der Waals surface area contributed by atoms with Crippen LogP contribution in [0.25, 0.3) is 10.4 Å². The summed E-state index contributed by atoms with van der Waals surface area (Å²) in [4.78, 5) is 2.51. The zero-order valence-electron chi connectivity index (χ0n) is 11.2. The van der Waals surface area contributed by atoms with E-state index in [2.05, 4.69) is 17.4 Å². The van der Waals surface area contributed by atoms with Gasteiger partial charge in [-0.1, -0.05) is 6.07 Å². The van der Waals surface area contributed by atoms with E-state index in [0.29, 0.717) is 6.04 Å². The molecule has 2 aromatic rings. The van der Waals surface area contributed by atoms with Gasteiger partial charge < -0.3 is 5.32 Å². The highest BCUT2D eigenvalue weighted by atomic mass is 32.1. The summed E-state index contributed by atoms with van der Waals surface area (Å²) >= 11 is 1.78. The zero-order valence-corrected chi connectivity index (χ0v) is 12.1. The summed E-state index contributed by atoms with van der Waals surface area (Å²) in [6, 6.07) is 9.99. The summed E-state index contributed by atoms with van der Waals surface area (Å²) in [5.74, 6) is 0.628. The van der Waals surface area contributed by atoms with Gasteiger partial charge in [0.05, 0.1) is 0 Å². The number of rotatable bonds is 4. The molecular formula is C16H18FNS. The Morgan fingerprint density at radius 2 is 2.05 bits per heavy atom. The summed E-state index contributed by atoms with van der Waals surface area (Å²) < 4.78 is 13.5. The molecule has 1 aliphatic carbocycles. The number of benzene rings is 1. The van der Waals surface area contributed by atoms with Crippen LogP contribution in [0.1, 0.15) is 29.3 Å². The van der Waals surface area contributed by atoms with Gasteiger partial charge in [0.25, 0.3) is 0 Å². The fourth-order valence-corrected chi connectivity index (χ4v) is 3.79. The highest BCUT2D eigenvalue weighted by Gasteiger charge is 2.32. The SMILES string of the molecule is CNC(c1ccc(-c2cc(C)cc(F)c2)s1)C1CC1. The summed E-state index contributed by atoms with van der Waals surface area (Å²) in [5.41, 5.74) is 1.96. The summed E-state index contributed by atoms with van der Waals surface area (Å²) in [5, 5.41) is 3.40. The average molecular weight is 275 g/mol. The molecule has 1 N–H and O–H groups in total. The Kier molecular flexibility index (Phi) is 3.42. The van der Waals surface area contributed by atoms with E-state index in [9.17, 15) is 4.39 Å². The van der Waals surface area contributed by atoms with E-state index in [1.54, 1.807) is 23.5 Å². The molecule has 1 heterocycles. The zero-order chi connectivity index (χ0) is 13.4. The van der Waals surface area contributed by atoms with E-state index in [1.165, 1.54) is 17.7 Å². The average Bonchev–Trinajstić information content (AvgIpc) is 3.06. The van der Waals surface area contributed by atoms with Gasteiger partial charge in [0, 0.05) is 15.8 Å². The molecule has 0 aliphatic heterocycles. The standard InChI is InChI=1S/C16H18FNS/c1-10-7-12(9-13(17)8-10)14-5-6-15(19-14)16(18-2)11-3-4-11/h5-9,11,16,18H,3-4H2,1-2H3. The molecule has 0 saturated heterocycles. The van der Waals surface area contributed by atoms with Crippen LogP contribution in [-0.2, 0) is 0 Å². The van der Waals surface area contributed by atoms with Crippen molar-refractivity contribution in [1.82, 2.24) is 5.32 Å². The van der Waals surface area contributed by atoms with E-state index in [-0.39, 0.29) is 5.82 Å². The first-order chi connectivity index (χ1) is 9.17. The lowest BCUT2D eigenvalue weighted by Crippen LogP contribution is -2.16. The van der Waals surface area contributed by atoms with Crippen molar-refractivity contribution >= 4 is 11.3 Å². The topological polar surface area (TPSA) is 12.0 Å². The number of aryl methyl sites for hydroxylation is 1. The maximum Gasteiger partial charge on any atom is 0.124 e. The maximum atomic E-state index is 13.5. The van der Waals surface area contributed by atoms with E-state index in [0.717, 1.165) is 21.9 Å². The van der Waals surface area contributed by atoms with Crippen LogP contribution in [0, 0.1) is 18.7 Å². The predicted octanol–water partition coefficient (Wildman–Crippen LogP) is 4.53. The second kappa shape index (κ2) is 5.06. The Morgan fingerprint density at radius 1 is 1.26 bits per heavy atom. The number of hydrogen-bond acceptors (Lipinski definition) is 2. The first kappa shape index (κ1) is 12.8.